The van der Waals surface area contributed by atoms with E-state index in [9.17, 15) is 0 Å². The van der Waals surface area contributed by atoms with Crippen LogP contribution in [0.4, 0.5) is 0 Å². The lowest BCUT2D eigenvalue weighted by Gasteiger charge is -2.20. The predicted molar refractivity (Wildman–Crippen MR) is 79.1 cm³/mol. The molecule has 19 heavy (non-hydrogen) atoms. The lowest BCUT2D eigenvalue weighted by atomic mass is 10.1. The Labute approximate surface area is 116 Å². The van der Waals surface area contributed by atoms with Gasteiger partial charge in [0.15, 0.2) is 0 Å². The normalized spacial score (nSPS) is 12.5. The van der Waals surface area contributed by atoms with Crippen LogP contribution in [0.1, 0.15) is 24.9 Å². The maximum atomic E-state index is 5.91. The van der Waals surface area contributed by atoms with Gasteiger partial charge < -0.3 is 19.7 Å². The van der Waals surface area contributed by atoms with E-state index in [2.05, 4.69) is 31.2 Å². The van der Waals surface area contributed by atoms with E-state index in [0.717, 1.165) is 36.6 Å². The number of hydrogen-bond donors (Lipinski definition) is 1. The third-order valence-corrected chi connectivity index (χ3v) is 3.12. The van der Waals surface area contributed by atoms with Gasteiger partial charge in [-0.25, -0.2) is 0 Å². The van der Waals surface area contributed by atoms with Gasteiger partial charge in [0.1, 0.15) is 11.5 Å². The number of ether oxygens (including phenoxy) is 2. The Bertz CT molecular complexity index is 380. The third-order valence-electron chi connectivity index (χ3n) is 3.12. The van der Waals surface area contributed by atoms with Gasteiger partial charge in [-0.3, -0.25) is 0 Å². The summed E-state index contributed by atoms with van der Waals surface area (Å²) in [5.74, 6) is 1.77. The van der Waals surface area contributed by atoms with Gasteiger partial charge in [-0.2, -0.15) is 0 Å². The van der Waals surface area contributed by atoms with Crippen LogP contribution in [0, 0.1) is 0 Å². The fraction of sp³-hybridized carbons (Fsp3) is 0.600. The molecule has 0 heterocycles. The number of nitrogens with one attached hydrogen (secondary N) is 1. The lowest BCUT2D eigenvalue weighted by Crippen LogP contribution is -2.17. The lowest BCUT2D eigenvalue weighted by molar-refractivity contribution is 0.275. The van der Waals surface area contributed by atoms with Gasteiger partial charge >= 0.3 is 0 Å². The molecule has 0 fully saturated rings. The Morgan fingerprint density at radius 2 is 1.95 bits per heavy atom. The first-order chi connectivity index (χ1) is 9.10. The summed E-state index contributed by atoms with van der Waals surface area (Å²) in [6.45, 7) is 3.85. The second kappa shape index (κ2) is 8.02. The SMILES string of the molecule is CNC(C)c1c(OC)cccc1OCCCN(C)C. The first kappa shape index (κ1) is 15.8. The summed E-state index contributed by atoms with van der Waals surface area (Å²) in [6, 6.07) is 6.13. The van der Waals surface area contributed by atoms with Crippen LogP contribution in [0.5, 0.6) is 11.5 Å². The molecule has 1 rings (SSSR count). The van der Waals surface area contributed by atoms with Crippen LogP contribution in [0.3, 0.4) is 0 Å². The van der Waals surface area contributed by atoms with Gasteiger partial charge in [0, 0.05) is 12.6 Å². The van der Waals surface area contributed by atoms with E-state index in [1.807, 2.05) is 25.2 Å². The zero-order valence-corrected chi connectivity index (χ0v) is 12.7. The van der Waals surface area contributed by atoms with Crippen LogP contribution in [0.15, 0.2) is 18.2 Å². The summed E-state index contributed by atoms with van der Waals surface area (Å²) in [5, 5.41) is 3.24. The molecule has 0 radical (unpaired) electrons. The summed E-state index contributed by atoms with van der Waals surface area (Å²) in [6.07, 6.45) is 1.01. The Morgan fingerprint density at radius 3 is 2.53 bits per heavy atom. The van der Waals surface area contributed by atoms with Crippen LogP contribution < -0.4 is 14.8 Å². The minimum absolute atomic E-state index is 0.194. The molecule has 0 aliphatic carbocycles. The molecule has 1 unspecified atom stereocenters. The average molecular weight is 266 g/mol. The van der Waals surface area contributed by atoms with E-state index in [1.54, 1.807) is 7.11 Å². The van der Waals surface area contributed by atoms with E-state index in [1.165, 1.54) is 0 Å². The highest BCUT2D eigenvalue weighted by Gasteiger charge is 2.15. The highest BCUT2D eigenvalue weighted by Crippen LogP contribution is 2.33. The molecule has 0 aromatic heterocycles. The van der Waals surface area contributed by atoms with Crippen molar-refractivity contribution in [1.29, 1.82) is 0 Å². The Balaban J connectivity index is 2.76. The number of benzene rings is 1. The molecule has 0 aliphatic rings. The summed E-state index contributed by atoms with van der Waals surface area (Å²) in [7, 11) is 7.77. The second-order valence-corrected chi connectivity index (χ2v) is 4.89. The second-order valence-electron chi connectivity index (χ2n) is 4.89. The minimum Gasteiger partial charge on any atom is -0.496 e. The van der Waals surface area contributed by atoms with Crippen molar-refractivity contribution in [3.8, 4) is 11.5 Å². The van der Waals surface area contributed by atoms with Crippen molar-refractivity contribution >= 4 is 0 Å². The van der Waals surface area contributed by atoms with Gasteiger partial charge in [0.2, 0.25) is 0 Å². The van der Waals surface area contributed by atoms with Crippen molar-refractivity contribution < 1.29 is 9.47 Å². The molecule has 4 heteroatoms. The molecule has 1 N–H and O–H groups in total. The largest absolute Gasteiger partial charge is 0.496 e. The summed E-state index contributed by atoms with van der Waals surface area (Å²) < 4.78 is 11.3. The Morgan fingerprint density at radius 1 is 1.26 bits per heavy atom. The number of hydrogen-bond acceptors (Lipinski definition) is 4. The smallest absolute Gasteiger partial charge is 0.127 e. The van der Waals surface area contributed by atoms with E-state index < -0.39 is 0 Å². The fourth-order valence-electron chi connectivity index (χ4n) is 1.96. The van der Waals surface area contributed by atoms with Gasteiger partial charge in [-0.1, -0.05) is 6.07 Å². The van der Waals surface area contributed by atoms with Crippen molar-refractivity contribution in [1.82, 2.24) is 10.2 Å². The predicted octanol–water partition coefficient (Wildman–Crippen LogP) is 2.31. The molecule has 108 valence electrons. The summed E-state index contributed by atoms with van der Waals surface area (Å²) in [4.78, 5) is 2.16. The van der Waals surface area contributed by atoms with E-state index in [-0.39, 0.29) is 6.04 Å². The molecule has 0 spiro atoms. The molecule has 0 saturated carbocycles. The molecular weight excluding hydrogens is 240 g/mol. The topological polar surface area (TPSA) is 33.7 Å². The van der Waals surface area contributed by atoms with E-state index >= 15 is 0 Å². The standard InChI is InChI=1S/C15H26N2O2/c1-12(16-2)15-13(18-5)8-6-9-14(15)19-11-7-10-17(3)4/h6,8-9,12,16H,7,10-11H2,1-5H3. The molecule has 0 amide bonds. The third kappa shape index (κ3) is 4.73. The first-order valence-electron chi connectivity index (χ1n) is 6.71. The molecule has 1 atom stereocenters. The number of nitrogens with zero attached hydrogens (tertiary/aromatic N) is 1. The van der Waals surface area contributed by atoms with Crippen LogP contribution in [0.2, 0.25) is 0 Å². The maximum Gasteiger partial charge on any atom is 0.127 e. The van der Waals surface area contributed by atoms with Crippen LogP contribution in [-0.2, 0) is 0 Å². The molecule has 1 aromatic rings. The van der Waals surface area contributed by atoms with Crippen molar-refractivity contribution in [3.63, 3.8) is 0 Å². The molecule has 0 bridgehead atoms. The van der Waals surface area contributed by atoms with Crippen molar-refractivity contribution in [2.24, 2.45) is 0 Å². The highest BCUT2D eigenvalue weighted by molar-refractivity contribution is 5.46. The van der Waals surface area contributed by atoms with Crippen molar-refractivity contribution in [2.75, 3.05) is 41.4 Å². The summed E-state index contributed by atoms with van der Waals surface area (Å²) in [5.41, 5.74) is 1.08. The molecule has 1 aromatic carbocycles. The number of methoxy groups -OCH3 is 1. The highest BCUT2D eigenvalue weighted by atomic mass is 16.5. The quantitative estimate of drug-likeness (QED) is 0.732. The molecule has 0 aliphatic heterocycles. The van der Waals surface area contributed by atoms with E-state index in [0.29, 0.717) is 0 Å². The summed E-state index contributed by atoms with van der Waals surface area (Å²) >= 11 is 0. The molecule has 0 saturated heterocycles. The fourth-order valence-corrected chi connectivity index (χ4v) is 1.96. The molecular formula is C15H26N2O2. The van der Waals surface area contributed by atoms with E-state index in [4.69, 9.17) is 9.47 Å². The number of rotatable bonds is 8. The van der Waals surface area contributed by atoms with Crippen molar-refractivity contribution in [2.45, 2.75) is 19.4 Å². The Kier molecular flexibility index (Phi) is 6.67. The minimum atomic E-state index is 0.194. The van der Waals surface area contributed by atoms with Crippen LogP contribution in [-0.4, -0.2) is 46.3 Å². The van der Waals surface area contributed by atoms with Crippen LogP contribution >= 0.6 is 0 Å². The molecule has 4 nitrogen and oxygen atoms in total. The zero-order valence-electron chi connectivity index (χ0n) is 12.7. The van der Waals surface area contributed by atoms with Gasteiger partial charge in [-0.15, -0.1) is 0 Å². The van der Waals surface area contributed by atoms with Crippen molar-refractivity contribution in [3.05, 3.63) is 23.8 Å². The maximum absolute atomic E-state index is 5.91. The van der Waals surface area contributed by atoms with Gasteiger partial charge in [-0.05, 0) is 46.6 Å². The van der Waals surface area contributed by atoms with Gasteiger partial charge in [0.25, 0.3) is 0 Å². The van der Waals surface area contributed by atoms with Gasteiger partial charge in [0.05, 0.1) is 19.3 Å². The first-order valence-corrected chi connectivity index (χ1v) is 6.71. The average Bonchev–Trinajstić information content (AvgIpc) is 2.42. The van der Waals surface area contributed by atoms with Crippen LogP contribution in [0.25, 0.3) is 0 Å². The zero-order chi connectivity index (χ0) is 14.3. The Hall–Kier alpha value is -1.26. The monoisotopic (exact) mass is 266 g/mol.